The van der Waals surface area contributed by atoms with Crippen molar-refractivity contribution in [2.75, 3.05) is 4.90 Å². The standard InChI is InChI=1S/C67H45NOS/c1-67(2)60-21-10-8-17-54(60)55-37-32-48(41-61(55)67)44-23-25-46(26-24-44)51-39-40-58-57-38-31-45-15-6-7-16-52(45)64(57)69-65(58)63(51)68(49-33-27-43(28-34-49)42-13-4-3-5-14-42)50-35-29-47(30-36-50)53-19-12-20-59-56-18-9-11-22-62(56)70-66(53)59/h3-41H,1-2H3. The van der Waals surface area contributed by atoms with Crippen LogP contribution in [-0.4, -0.2) is 0 Å². The van der Waals surface area contributed by atoms with Crippen LogP contribution in [0.15, 0.2) is 241 Å². The number of hydrogen-bond donors (Lipinski definition) is 0. The Kier molecular flexibility index (Phi) is 9.14. The molecule has 1 aliphatic carbocycles. The monoisotopic (exact) mass is 911 g/mol. The minimum absolute atomic E-state index is 0.0724. The van der Waals surface area contributed by atoms with Gasteiger partial charge in [-0.25, -0.2) is 0 Å². The topological polar surface area (TPSA) is 16.4 Å². The second kappa shape index (κ2) is 15.8. The van der Waals surface area contributed by atoms with E-state index in [1.165, 1.54) is 75.8 Å². The third kappa shape index (κ3) is 6.32. The Hall–Kier alpha value is -8.50. The van der Waals surface area contributed by atoms with Gasteiger partial charge in [0, 0.05) is 58.7 Å². The molecule has 0 radical (unpaired) electrons. The number of thiophene rings is 1. The summed E-state index contributed by atoms with van der Waals surface area (Å²) >= 11 is 1.87. The fourth-order valence-electron chi connectivity index (χ4n) is 11.3. The fraction of sp³-hybridized carbons (Fsp3) is 0.0448. The van der Waals surface area contributed by atoms with E-state index < -0.39 is 0 Å². The fourth-order valence-corrected chi connectivity index (χ4v) is 12.6. The van der Waals surface area contributed by atoms with Gasteiger partial charge in [0.2, 0.25) is 0 Å². The molecule has 2 nitrogen and oxygen atoms in total. The van der Waals surface area contributed by atoms with Crippen molar-refractivity contribution < 1.29 is 4.42 Å². The molecule has 70 heavy (non-hydrogen) atoms. The smallest absolute Gasteiger partial charge is 0.160 e. The van der Waals surface area contributed by atoms with Gasteiger partial charge in [0.05, 0.1) is 5.69 Å². The zero-order valence-corrected chi connectivity index (χ0v) is 39.6. The Morgan fingerprint density at radius 1 is 0.357 bits per heavy atom. The lowest BCUT2D eigenvalue weighted by atomic mass is 9.81. The van der Waals surface area contributed by atoms with Crippen molar-refractivity contribution >= 4 is 81.3 Å². The third-order valence-corrected chi connectivity index (χ3v) is 16.1. The zero-order valence-electron chi connectivity index (χ0n) is 38.8. The van der Waals surface area contributed by atoms with Crippen LogP contribution in [0.5, 0.6) is 0 Å². The Morgan fingerprint density at radius 3 is 1.71 bits per heavy atom. The van der Waals surface area contributed by atoms with Gasteiger partial charge < -0.3 is 9.32 Å². The molecule has 13 aromatic rings. The first-order valence-electron chi connectivity index (χ1n) is 24.1. The van der Waals surface area contributed by atoms with Crippen molar-refractivity contribution in [3.8, 4) is 55.6 Å². The molecule has 330 valence electrons. The van der Waals surface area contributed by atoms with Gasteiger partial charge in [0.1, 0.15) is 5.58 Å². The third-order valence-electron chi connectivity index (χ3n) is 14.9. The summed E-state index contributed by atoms with van der Waals surface area (Å²) in [6.45, 7) is 4.70. The Morgan fingerprint density at radius 2 is 0.900 bits per heavy atom. The Labute approximate surface area is 411 Å². The molecule has 0 N–H and O–H groups in total. The van der Waals surface area contributed by atoms with Crippen molar-refractivity contribution in [3.05, 3.63) is 248 Å². The molecule has 14 rings (SSSR count). The average molecular weight is 912 g/mol. The van der Waals surface area contributed by atoms with Gasteiger partial charge in [0.25, 0.3) is 0 Å². The van der Waals surface area contributed by atoms with Crippen molar-refractivity contribution in [1.82, 2.24) is 0 Å². The molecule has 0 atom stereocenters. The predicted molar refractivity (Wildman–Crippen MR) is 298 cm³/mol. The zero-order chi connectivity index (χ0) is 46.5. The van der Waals surface area contributed by atoms with E-state index in [0.717, 1.165) is 60.9 Å². The maximum absolute atomic E-state index is 7.29. The normalized spacial score (nSPS) is 12.8. The first kappa shape index (κ1) is 40.6. The highest BCUT2D eigenvalue weighted by molar-refractivity contribution is 7.26. The van der Waals surface area contributed by atoms with E-state index in [0.29, 0.717) is 0 Å². The lowest BCUT2D eigenvalue weighted by Crippen LogP contribution is -2.14. The van der Waals surface area contributed by atoms with Gasteiger partial charge in [0.15, 0.2) is 5.58 Å². The molecule has 2 heterocycles. The highest BCUT2D eigenvalue weighted by Crippen LogP contribution is 2.52. The molecule has 0 saturated carbocycles. The first-order valence-corrected chi connectivity index (χ1v) is 25.0. The molecule has 0 fully saturated rings. The number of fused-ring (bicyclic) bond motifs is 11. The number of anilines is 3. The van der Waals surface area contributed by atoms with Crippen molar-refractivity contribution in [1.29, 1.82) is 0 Å². The van der Waals surface area contributed by atoms with Crippen molar-refractivity contribution in [2.45, 2.75) is 19.3 Å². The summed E-state index contributed by atoms with van der Waals surface area (Å²) in [4.78, 5) is 2.41. The molecule has 1 aliphatic rings. The van der Waals surface area contributed by atoms with E-state index in [1.54, 1.807) is 0 Å². The maximum atomic E-state index is 7.29. The van der Waals surface area contributed by atoms with Gasteiger partial charge in [-0.3, -0.25) is 0 Å². The van der Waals surface area contributed by atoms with Crippen LogP contribution in [0.3, 0.4) is 0 Å². The maximum Gasteiger partial charge on any atom is 0.160 e. The molecular weight excluding hydrogens is 867 g/mol. The summed E-state index contributed by atoms with van der Waals surface area (Å²) in [7, 11) is 0. The highest BCUT2D eigenvalue weighted by Gasteiger charge is 2.35. The quantitative estimate of drug-likeness (QED) is 0.158. The number of nitrogens with zero attached hydrogens (tertiary/aromatic N) is 1. The van der Waals surface area contributed by atoms with E-state index in [1.807, 2.05) is 11.3 Å². The van der Waals surface area contributed by atoms with E-state index >= 15 is 0 Å². The number of hydrogen-bond acceptors (Lipinski definition) is 3. The molecule has 0 bridgehead atoms. The van der Waals surface area contributed by atoms with Crippen LogP contribution in [0.4, 0.5) is 17.1 Å². The lowest BCUT2D eigenvalue weighted by molar-refractivity contribution is 0.660. The summed E-state index contributed by atoms with van der Waals surface area (Å²) < 4.78 is 9.90. The number of benzene rings is 11. The molecule has 0 spiro atoms. The van der Waals surface area contributed by atoms with Gasteiger partial charge in [-0.1, -0.05) is 202 Å². The van der Waals surface area contributed by atoms with Gasteiger partial charge >= 0.3 is 0 Å². The molecule has 11 aromatic carbocycles. The summed E-state index contributed by atoms with van der Waals surface area (Å²) in [5.74, 6) is 0. The van der Waals surface area contributed by atoms with Gasteiger partial charge in [-0.2, -0.15) is 0 Å². The van der Waals surface area contributed by atoms with Crippen LogP contribution in [0.2, 0.25) is 0 Å². The molecule has 0 unspecified atom stereocenters. The summed E-state index contributed by atoms with van der Waals surface area (Å²) in [5.41, 5.74) is 19.6. The van der Waals surface area contributed by atoms with Crippen LogP contribution < -0.4 is 4.90 Å². The minimum Gasteiger partial charge on any atom is -0.453 e. The van der Waals surface area contributed by atoms with Crippen LogP contribution >= 0.6 is 11.3 Å². The molecule has 2 aromatic heterocycles. The van der Waals surface area contributed by atoms with E-state index in [4.69, 9.17) is 4.42 Å². The molecule has 3 heteroatoms. The molecule has 0 aliphatic heterocycles. The molecule has 0 saturated heterocycles. The number of rotatable bonds is 7. The number of furan rings is 1. The first-order chi connectivity index (χ1) is 34.5. The van der Waals surface area contributed by atoms with Crippen LogP contribution in [0.1, 0.15) is 25.0 Å². The summed E-state index contributed by atoms with van der Waals surface area (Å²) in [6, 6.07) is 86.8. The van der Waals surface area contributed by atoms with Crippen molar-refractivity contribution in [3.63, 3.8) is 0 Å². The van der Waals surface area contributed by atoms with E-state index in [2.05, 4.69) is 255 Å². The van der Waals surface area contributed by atoms with E-state index in [9.17, 15) is 0 Å². The Balaban J connectivity index is 0.961. The minimum atomic E-state index is -0.0724. The summed E-state index contributed by atoms with van der Waals surface area (Å²) in [6.07, 6.45) is 0. The second-order valence-corrected chi connectivity index (χ2v) is 20.2. The van der Waals surface area contributed by atoms with E-state index in [-0.39, 0.29) is 5.41 Å². The SMILES string of the molecule is CC1(C)c2ccccc2-c2ccc(-c3ccc(-c4ccc5c(oc6c7ccccc7ccc56)c4N(c4ccc(-c5ccccc5)cc4)c4ccc(-c5cccc6c5sc5ccccc56)cc4)cc3)cc21. The van der Waals surface area contributed by atoms with Crippen molar-refractivity contribution in [2.24, 2.45) is 0 Å². The van der Waals surface area contributed by atoms with Gasteiger partial charge in [-0.05, 0) is 115 Å². The Bertz CT molecular complexity index is 4180. The van der Waals surface area contributed by atoms with Crippen LogP contribution in [0.25, 0.3) is 109 Å². The average Bonchev–Trinajstić information content (AvgIpc) is 4.07. The largest absolute Gasteiger partial charge is 0.453 e. The predicted octanol–water partition coefficient (Wildman–Crippen LogP) is 19.6. The summed E-state index contributed by atoms with van der Waals surface area (Å²) in [5, 5.41) is 7.05. The molecular formula is C67H45NOS. The second-order valence-electron chi connectivity index (χ2n) is 19.2. The molecule has 0 amide bonds. The lowest BCUT2D eigenvalue weighted by Gasteiger charge is -2.28. The van der Waals surface area contributed by atoms with Crippen LogP contribution in [-0.2, 0) is 5.41 Å². The van der Waals surface area contributed by atoms with Gasteiger partial charge in [-0.15, -0.1) is 11.3 Å². The highest BCUT2D eigenvalue weighted by atomic mass is 32.1. The van der Waals surface area contributed by atoms with Crippen LogP contribution in [0, 0.1) is 0 Å².